The number of hydrogen-bond donors (Lipinski definition) is 1. The van der Waals surface area contributed by atoms with Gasteiger partial charge in [-0.15, -0.1) is 0 Å². The summed E-state index contributed by atoms with van der Waals surface area (Å²) in [5.41, 5.74) is 0. The van der Waals surface area contributed by atoms with Crippen molar-refractivity contribution in [1.82, 2.24) is 14.5 Å². The Morgan fingerprint density at radius 2 is 2.28 bits per heavy atom. The van der Waals surface area contributed by atoms with Gasteiger partial charge in [-0.1, -0.05) is 6.92 Å². The van der Waals surface area contributed by atoms with Crippen molar-refractivity contribution in [3.8, 4) is 0 Å². The number of imidazole rings is 1. The molecule has 4 nitrogen and oxygen atoms in total. The summed E-state index contributed by atoms with van der Waals surface area (Å²) in [6.45, 7) is 6.39. The van der Waals surface area contributed by atoms with Gasteiger partial charge in [0.15, 0.2) is 0 Å². The van der Waals surface area contributed by atoms with Crippen LogP contribution in [0.3, 0.4) is 0 Å². The molecule has 0 bridgehead atoms. The summed E-state index contributed by atoms with van der Waals surface area (Å²) in [7, 11) is 0. The Labute approximate surface area is 109 Å². The largest absolute Gasteiger partial charge is 0.393 e. The van der Waals surface area contributed by atoms with E-state index >= 15 is 0 Å². The van der Waals surface area contributed by atoms with Crippen LogP contribution < -0.4 is 0 Å². The summed E-state index contributed by atoms with van der Waals surface area (Å²) in [6, 6.07) is 0. The second-order valence-corrected chi connectivity index (χ2v) is 6.02. The minimum Gasteiger partial charge on any atom is -0.393 e. The zero-order chi connectivity index (χ0) is 12.5. The highest BCUT2D eigenvalue weighted by Crippen LogP contribution is 2.30. The first-order chi connectivity index (χ1) is 8.72. The number of nitrogens with zero attached hydrogens (tertiary/aromatic N) is 3. The fraction of sp³-hybridized carbons (Fsp3) is 0.786. The lowest BCUT2D eigenvalue weighted by Gasteiger charge is -2.36. The molecule has 3 unspecified atom stereocenters. The number of aliphatic hydroxyl groups excluding tert-OH is 1. The fourth-order valence-corrected chi connectivity index (χ4v) is 3.39. The smallest absolute Gasteiger partial charge is 0.122 e. The molecule has 2 aliphatic rings. The van der Waals surface area contributed by atoms with Crippen molar-refractivity contribution >= 4 is 0 Å². The Bertz CT molecular complexity index is 403. The lowest BCUT2D eigenvalue weighted by atomic mass is 9.80. The molecule has 1 aliphatic carbocycles. The Kier molecular flexibility index (Phi) is 3.39. The van der Waals surface area contributed by atoms with Gasteiger partial charge in [-0.25, -0.2) is 4.98 Å². The van der Waals surface area contributed by atoms with Crippen molar-refractivity contribution in [3.05, 3.63) is 18.2 Å². The summed E-state index contributed by atoms with van der Waals surface area (Å²) in [4.78, 5) is 6.85. The zero-order valence-corrected chi connectivity index (χ0v) is 11.1. The van der Waals surface area contributed by atoms with Crippen molar-refractivity contribution < 1.29 is 5.11 Å². The SMILES string of the molecule is CC1CCC(O)C(CN2CCn3ccnc3C2)C1. The van der Waals surface area contributed by atoms with Crippen LogP contribution >= 0.6 is 0 Å². The van der Waals surface area contributed by atoms with Crippen LogP contribution in [0.2, 0.25) is 0 Å². The molecule has 1 fully saturated rings. The van der Waals surface area contributed by atoms with Crippen molar-refractivity contribution in [3.63, 3.8) is 0 Å². The highest BCUT2D eigenvalue weighted by atomic mass is 16.3. The molecule has 18 heavy (non-hydrogen) atoms. The maximum Gasteiger partial charge on any atom is 0.122 e. The Morgan fingerprint density at radius 3 is 3.17 bits per heavy atom. The first-order valence-corrected chi connectivity index (χ1v) is 7.13. The van der Waals surface area contributed by atoms with Crippen molar-refractivity contribution in [2.45, 2.75) is 45.4 Å². The number of rotatable bonds is 2. The second-order valence-electron chi connectivity index (χ2n) is 6.02. The molecule has 3 rings (SSSR count). The van der Waals surface area contributed by atoms with E-state index in [-0.39, 0.29) is 6.10 Å². The third-order valence-corrected chi connectivity index (χ3v) is 4.52. The Balaban J connectivity index is 1.60. The van der Waals surface area contributed by atoms with E-state index in [9.17, 15) is 5.11 Å². The molecule has 0 saturated heterocycles. The minimum atomic E-state index is -0.0946. The predicted octanol–water partition coefficient (Wildman–Crippen LogP) is 1.50. The fourth-order valence-electron chi connectivity index (χ4n) is 3.39. The van der Waals surface area contributed by atoms with Crippen molar-refractivity contribution in [2.24, 2.45) is 11.8 Å². The van der Waals surface area contributed by atoms with Gasteiger partial charge in [-0.2, -0.15) is 0 Å². The van der Waals surface area contributed by atoms with E-state index in [1.165, 1.54) is 18.7 Å². The van der Waals surface area contributed by atoms with Crippen LogP contribution in [0.25, 0.3) is 0 Å². The van der Waals surface area contributed by atoms with Crippen LogP contribution in [0.15, 0.2) is 12.4 Å². The van der Waals surface area contributed by atoms with E-state index in [4.69, 9.17) is 0 Å². The molecule has 2 heterocycles. The molecule has 1 saturated carbocycles. The van der Waals surface area contributed by atoms with Gasteiger partial charge in [0.25, 0.3) is 0 Å². The third-order valence-electron chi connectivity index (χ3n) is 4.52. The van der Waals surface area contributed by atoms with Gasteiger partial charge in [-0.05, 0) is 31.1 Å². The van der Waals surface area contributed by atoms with Crippen LogP contribution in [0.5, 0.6) is 0 Å². The summed E-state index contributed by atoms with van der Waals surface area (Å²) in [5.74, 6) is 2.39. The lowest BCUT2D eigenvalue weighted by molar-refractivity contribution is 0.0251. The molecule has 1 aromatic heterocycles. The third kappa shape index (κ3) is 2.45. The summed E-state index contributed by atoms with van der Waals surface area (Å²) < 4.78 is 2.23. The van der Waals surface area contributed by atoms with Crippen LogP contribution in [-0.2, 0) is 13.1 Å². The number of hydrogen-bond acceptors (Lipinski definition) is 3. The van der Waals surface area contributed by atoms with E-state index in [0.717, 1.165) is 38.5 Å². The van der Waals surface area contributed by atoms with Crippen LogP contribution in [0, 0.1) is 11.8 Å². The monoisotopic (exact) mass is 249 g/mol. The second kappa shape index (κ2) is 5.02. The van der Waals surface area contributed by atoms with E-state index in [1.54, 1.807) is 0 Å². The Hall–Kier alpha value is -0.870. The molecule has 4 heteroatoms. The molecular weight excluding hydrogens is 226 g/mol. The first kappa shape index (κ1) is 12.2. The van der Waals surface area contributed by atoms with Gasteiger partial charge in [0.2, 0.25) is 0 Å². The normalized spacial score (nSPS) is 33.3. The maximum atomic E-state index is 10.1. The summed E-state index contributed by atoms with van der Waals surface area (Å²) in [6.07, 6.45) is 7.19. The minimum absolute atomic E-state index is 0.0946. The van der Waals surface area contributed by atoms with Crippen molar-refractivity contribution in [2.75, 3.05) is 13.1 Å². The van der Waals surface area contributed by atoms with Crippen molar-refractivity contribution in [1.29, 1.82) is 0 Å². The summed E-state index contributed by atoms with van der Waals surface area (Å²) in [5, 5.41) is 10.1. The molecule has 1 aliphatic heterocycles. The quantitative estimate of drug-likeness (QED) is 0.863. The van der Waals surface area contributed by atoms with Gasteiger partial charge in [0.1, 0.15) is 5.82 Å². The average molecular weight is 249 g/mol. The van der Waals surface area contributed by atoms with Gasteiger partial charge >= 0.3 is 0 Å². The first-order valence-electron chi connectivity index (χ1n) is 7.13. The molecular formula is C14H23N3O. The van der Waals surface area contributed by atoms with Crippen LogP contribution in [0.4, 0.5) is 0 Å². The zero-order valence-electron chi connectivity index (χ0n) is 11.1. The van der Waals surface area contributed by atoms with Gasteiger partial charge in [-0.3, -0.25) is 4.90 Å². The van der Waals surface area contributed by atoms with Crippen LogP contribution in [-0.4, -0.2) is 38.8 Å². The predicted molar refractivity (Wildman–Crippen MR) is 70.0 cm³/mol. The molecule has 0 spiro atoms. The van der Waals surface area contributed by atoms with E-state index in [2.05, 4.69) is 27.6 Å². The van der Waals surface area contributed by atoms with Gasteiger partial charge < -0.3 is 9.67 Å². The number of fused-ring (bicyclic) bond motifs is 1. The van der Waals surface area contributed by atoms with E-state index in [0.29, 0.717) is 5.92 Å². The van der Waals surface area contributed by atoms with E-state index < -0.39 is 0 Å². The standard InChI is InChI=1S/C14H23N3O/c1-11-2-3-13(18)12(8-11)9-16-6-7-17-5-4-15-14(17)10-16/h4-5,11-13,18H,2-3,6-10H2,1H3. The molecule has 0 aromatic carbocycles. The maximum absolute atomic E-state index is 10.1. The van der Waals surface area contributed by atoms with Gasteiger partial charge in [0, 0.05) is 32.0 Å². The molecule has 1 N–H and O–H groups in total. The topological polar surface area (TPSA) is 41.3 Å². The highest BCUT2D eigenvalue weighted by molar-refractivity contribution is 4.96. The average Bonchev–Trinajstić information content (AvgIpc) is 2.81. The molecule has 3 atom stereocenters. The number of aromatic nitrogens is 2. The van der Waals surface area contributed by atoms with E-state index in [1.807, 2.05) is 6.20 Å². The molecule has 0 radical (unpaired) electrons. The molecule has 1 aromatic rings. The van der Waals surface area contributed by atoms with Gasteiger partial charge in [0.05, 0.1) is 12.6 Å². The van der Waals surface area contributed by atoms with Crippen LogP contribution in [0.1, 0.15) is 32.0 Å². The molecule has 0 amide bonds. The summed E-state index contributed by atoms with van der Waals surface area (Å²) >= 11 is 0. The Morgan fingerprint density at radius 1 is 1.39 bits per heavy atom. The molecule has 100 valence electrons. The lowest BCUT2D eigenvalue weighted by Crippen LogP contribution is -2.42. The number of aliphatic hydroxyl groups is 1. The highest BCUT2D eigenvalue weighted by Gasteiger charge is 2.29.